The summed E-state index contributed by atoms with van der Waals surface area (Å²) < 4.78 is 10.2. The molecule has 0 fully saturated rings. The number of carbonyl (C=O) groups is 1. The molecule has 3 nitrogen and oxygen atoms in total. The van der Waals surface area contributed by atoms with Crippen LogP contribution in [-0.2, 0) is 9.47 Å². The van der Waals surface area contributed by atoms with E-state index in [1.54, 1.807) is 18.2 Å². The van der Waals surface area contributed by atoms with Crippen molar-refractivity contribution in [2.45, 2.75) is 0 Å². The van der Waals surface area contributed by atoms with Crippen LogP contribution < -0.4 is 0 Å². The largest absolute Gasteiger partial charge is 0.465 e. The van der Waals surface area contributed by atoms with Crippen LogP contribution in [0.2, 0.25) is 0 Å². The first-order valence-electron chi connectivity index (χ1n) is 4.13. The van der Waals surface area contributed by atoms with E-state index in [9.17, 15) is 4.79 Å². The fraction of sp³-hybridized carbons (Fsp3) is 0. The Bertz CT molecular complexity index is 405. The van der Waals surface area contributed by atoms with Gasteiger partial charge in [0.1, 0.15) is 18.8 Å². The van der Waals surface area contributed by atoms with Crippen LogP contribution in [0.3, 0.4) is 0 Å². The molecule has 0 aromatic heterocycles. The summed E-state index contributed by atoms with van der Waals surface area (Å²) in [6.07, 6.45) is 5.10. The van der Waals surface area contributed by atoms with Gasteiger partial charge in [0.25, 0.3) is 0 Å². The van der Waals surface area contributed by atoms with Gasteiger partial charge < -0.3 is 9.47 Å². The number of rotatable bonds is 2. The van der Waals surface area contributed by atoms with Crippen molar-refractivity contribution in [3.8, 4) is 0 Å². The second-order valence-electron chi connectivity index (χ2n) is 2.71. The number of benzene rings is 1. The van der Waals surface area contributed by atoms with Gasteiger partial charge in [-0.3, -0.25) is 4.79 Å². The monoisotopic (exact) mass is 188 g/mol. The Kier molecular flexibility index (Phi) is 2.32. The van der Waals surface area contributed by atoms with Crippen LogP contribution in [0, 0.1) is 0 Å². The Morgan fingerprint density at radius 1 is 1.14 bits per heavy atom. The molecule has 1 aliphatic rings. The highest BCUT2D eigenvalue weighted by atomic mass is 16.5. The first-order valence-corrected chi connectivity index (χ1v) is 4.13. The van der Waals surface area contributed by atoms with E-state index in [2.05, 4.69) is 0 Å². The molecule has 0 amide bonds. The summed E-state index contributed by atoms with van der Waals surface area (Å²) in [5.74, 6) is 0.537. The van der Waals surface area contributed by atoms with Gasteiger partial charge in [-0.25, -0.2) is 0 Å². The van der Waals surface area contributed by atoms with E-state index in [0.717, 1.165) is 11.8 Å². The molecule has 0 bridgehead atoms. The van der Waals surface area contributed by atoms with Crippen molar-refractivity contribution in [1.82, 2.24) is 0 Å². The van der Waals surface area contributed by atoms with Crippen molar-refractivity contribution >= 4 is 12.0 Å². The zero-order chi connectivity index (χ0) is 9.80. The average molecular weight is 188 g/mol. The van der Waals surface area contributed by atoms with Crippen molar-refractivity contribution in [3.05, 3.63) is 54.2 Å². The number of hydrogen-bond acceptors (Lipinski definition) is 3. The summed E-state index contributed by atoms with van der Waals surface area (Å²) in [6, 6.07) is 7.17. The minimum atomic E-state index is 0.537. The molecule has 3 heteroatoms. The molecule has 0 saturated heterocycles. The number of aldehydes is 1. The van der Waals surface area contributed by atoms with E-state index in [1.807, 2.05) is 6.07 Å². The Morgan fingerprint density at radius 2 is 2.00 bits per heavy atom. The van der Waals surface area contributed by atoms with E-state index < -0.39 is 0 Å². The van der Waals surface area contributed by atoms with E-state index in [0.29, 0.717) is 11.3 Å². The van der Waals surface area contributed by atoms with Gasteiger partial charge in [-0.2, -0.15) is 0 Å². The molecular weight excluding hydrogens is 180 g/mol. The lowest BCUT2D eigenvalue weighted by Gasteiger charge is -2.10. The fourth-order valence-electron chi connectivity index (χ4n) is 1.21. The van der Waals surface area contributed by atoms with E-state index in [1.165, 1.54) is 18.8 Å². The number of hydrogen-bond donors (Lipinski definition) is 0. The molecule has 2 rings (SSSR count). The molecule has 0 unspecified atom stereocenters. The molecule has 0 spiro atoms. The standard InChI is InChI=1S/C11H8O3/c12-7-9-3-1-2-4-10(9)11-8-13-5-6-14-11/h1-8H. The molecule has 1 aliphatic heterocycles. The maximum Gasteiger partial charge on any atom is 0.169 e. The topological polar surface area (TPSA) is 35.5 Å². The normalized spacial score (nSPS) is 13.9. The molecule has 14 heavy (non-hydrogen) atoms. The van der Waals surface area contributed by atoms with Crippen molar-refractivity contribution in [2.75, 3.05) is 0 Å². The van der Waals surface area contributed by atoms with Crippen LogP contribution in [0.1, 0.15) is 15.9 Å². The Morgan fingerprint density at radius 3 is 2.71 bits per heavy atom. The maximum atomic E-state index is 10.7. The SMILES string of the molecule is O=Cc1ccccc1C1=COC=CO1. The van der Waals surface area contributed by atoms with E-state index >= 15 is 0 Å². The molecule has 1 aromatic rings. The third-order valence-electron chi connectivity index (χ3n) is 1.86. The second-order valence-corrected chi connectivity index (χ2v) is 2.71. The lowest BCUT2D eigenvalue weighted by molar-refractivity contribution is 0.112. The number of ether oxygens (including phenoxy) is 2. The summed E-state index contributed by atoms with van der Waals surface area (Å²) in [5.41, 5.74) is 1.31. The highest BCUT2D eigenvalue weighted by Crippen LogP contribution is 2.21. The summed E-state index contributed by atoms with van der Waals surface area (Å²) in [5, 5.41) is 0. The Labute approximate surface area is 81.3 Å². The first kappa shape index (κ1) is 8.56. The van der Waals surface area contributed by atoms with Crippen LogP contribution in [-0.4, -0.2) is 6.29 Å². The molecular formula is C11H8O3. The fourth-order valence-corrected chi connectivity index (χ4v) is 1.21. The predicted octanol–water partition coefficient (Wildman–Crippen LogP) is 2.32. The summed E-state index contributed by atoms with van der Waals surface area (Å²) in [6.45, 7) is 0. The molecule has 0 radical (unpaired) electrons. The van der Waals surface area contributed by atoms with Crippen LogP contribution in [0.5, 0.6) is 0 Å². The van der Waals surface area contributed by atoms with Gasteiger partial charge in [0.2, 0.25) is 0 Å². The molecule has 70 valence electrons. The summed E-state index contributed by atoms with van der Waals surface area (Å²) in [7, 11) is 0. The van der Waals surface area contributed by atoms with Crippen molar-refractivity contribution in [3.63, 3.8) is 0 Å². The first-order chi connectivity index (χ1) is 6.92. The van der Waals surface area contributed by atoms with Crippen LogP contribution in [0.25, 0.3) is 5.76 Å². The van der Waals surface area contributed by atoms with Gasteiger partial charge >= 0.3 is 0 Å². The van der Waals surface area contributed by atoms with Gasteiger partial charge in [0, 0.05) is 11.1 Å². The van der Waals surface area contributed by atoms with Crippen molar-refractivity contribution in [1.29, 1.82) is 0 Å². The minimum absolute atomic E-state index is 0.537. The predicted molar refractivity (Wildman–Crippen MR) is 51.1 cm³/mol. The van der Waals surface area contributed by atoms with Crippen LogP contribution in [0.15, 0.2) is 43.1 Å². The zero-order valence-electron chi connectivity index (χ0n) is 7.34. The van der Waals surface area contributed by atoms with Gasteiger partial charge in [-0.05, 0) is 0 Å². The van der Waals surface area contributed by atoms with E-state index in [-0.39, 0.29) is 0 Å². The molecule has 0 atom stereocenters. The van der Waals surface area contributed by atoms with Gasteiger partial charge in [0.05, 0.1) is 0 Å². The van der Waals surface area contributed by atoms with E-state index in [4.69, 9.17) is 9.47 Å². The number of carbonyl (C=O) groups excluding carboxylic acids is 1. The minimum Gasteiger partial charge on any atom is -0.465 e. The van der Waals surface area contributed by atoms with Crippen LogP contribution in [0.4, 0.5) is 0 Å². The van der Waals surface area contributed by atoms with Gasteiger partial charge in [0.15, 0.2) is 12.0 Å². The average Bonchev–Trinajstić information content (AvgIpc) is 2.30. The summed E-state index contributed by atoms with van der Waals surface area (Å²) in [4.78, 5) is 10.7. The van der Waals surface area contributed by atoms with Gasteiger partial charge in [-0.1, -0.05) is 24.3 Å². The second kappa shape index (κ2) is 3.79. The maximum absolute atomic E-state index is 10.7. The summed E-state index contributed by atoms with van der Waals surface area (Å²) >= 11 is 0. The Hall–Kier alpha value is -2.03. The third kappa shape index (κ3) is 1.52. The van der Waals surface area contributed by atoms with Crippen molar-refractivity contribution < 1.29 is 14.3 Å². The van der Waals surface area contributed by atoms with Crippen molar-refractivity contribution in [2.24, 2.45) is 0 Å². The lowest BCUT2D eigenvalue weighted by atomic mass is 10.1. The smallest absolute Gasteiger partial charge is 0.169 e. The Balaban J connectivity index is 2.40. The molecule has 1 heterocycles. The molecule has 0 N–H and O–H groups in total. The molecule has 0 aliphatic carbocycles. The van der Waals surface area contributed by atoms with Crippen LogP contribution >= 0.6 is 0 Å². The molecule has 0 saturated carbocycles. The highest BCUT2D eigenvalue weighted by molar-refractivity contribution is 5.83. The quantitative estimate of drug-likeness (QED) is 0.668. The molecule has 1 aromatic carbocycles. The highest BCUT2D eigenvalue weighted by Gasteiger charge is 2.09. The lowest BCUT2D eigenvalue weighted by Crippen LogP contribution is -1.96. The van der Waals surface area contributed by atoms with Gasteiger partial charge in [-0.15, -0.1) is 0 Å². The zero-order valence-corrected chi connectivity index (χ0v) is 7.34. The third-order valence-corrected chi connectivity index (χ3v) is 1.86.